The van der Waals surface area contributed by atoms with E-state index in [4.69, 9.17) is 28.8 Å². The lowest BCUT2D eigenvalue weighted by Crippen LogP contribution is -2.27. The monoisotopic (exact) mass is 501 g/mol. The predicted molar refractivity (Wildman–Crippen MR) is 137 cm³/mol. The average molecular weight is 502 g/mol. The van der Waals surface area contributed by atoms with Gasteiger partial charge in [-0.2, -0.15) is 10.4 Å². The third kappa shape index (κ3) is 4.86. The molecule has 37 heavy (non-hydrogen) atoms. The third-order valence-corrected chi connectivity index (χ3v) is 6.17. The summed E-state index contributed by atoms with van der Waals surface area (Å²) in [5.74, 6) is 1.93. The summed E-state index contributed by atoms with van der Waals surface area (Å²) >= 11 is 0. The Hall–Kier alpha value is -4.71. The lowest BCUT2D eigenvalue weighted by atomic mass is 9.97. The number of amides is 1. The van der Waals surface area contributed by atoms with Gasteiger partial charge < -0.3 is 23.7 Å². The lowest BCUT2D eigenvalue weighted by molar-refractivity contribution is 0.0710. The highest BCUT2D eigenvalue weighted by molar-refractivity contribution is 6.05. The van der Waals surface area contributed by atoms with Gasteiger partial charge in [0.15, 0.2) is 23.0 Å². The van der Waals surface area contributed by atoms with E-state index < -0.39 is 6.04 Å². The minimum absolute atomic E-state index is 0.324. The number of ether oxygens (including phenoxy) is 5. The Balaban J connectivity index is 1.79. The first-order valence-electron chi connectivity index (χ1n) is 11.4. The predicted octanol–water partition coefficient (Wildman–Crippen LogP) is 4.59. The Kier molecular flexibility index (Phi) is 7.49. The first kappa shape index (κ1) is 25.4. The Bertz CT molecular complexity index is 1350. The van der Waals surface area contributed by atoms with Crippen molar-refractivity contribution in [1.29, 1.82) is 5.26 Å². The number of carbonyl (C=O) groups excluding carboxylic acids is 1. The molecule has 190 valence electrons. The van der Waals surface area contributed by atoms with Crippen LogP contribution in [-0.4, -0.2) is 52.2 Å². The SMILES string of the molecule is COc1ccc(C2=NN(C(=O)c3cc(OC)c(OC)c(OC)c3)C(c3ccc(C#N)cc3)C2)cc1OC. The van der Waals surface area contributed by atoms with Gasteiger partial charge in [0, 0.05) is 17.5 Å². The minimum Gasteiger partial charge on any atom is -0.493 e. The summed E-state index contributed by atoms with van der Waals surface area (Å²) in [7, 11) is 7.63. The summed E-state index contributed by atoms with van der Waals surface area (Å²) < 4.78 is 27.1. The largest absolute Gasteiger partial charge is 0.493 e. The number of benzene rings is 3. The third-order valence-electron chi connectivity index (χ3n) is 6.17. The lowest BCUT2D eigenvalue weighted by Gasteiger charge is -2.23. The maximum atomic E-state index is 13.9. The number of hydrazone groups is 1. The molecular weight excluding hydrogens is 474 g/mol. The van der Waals surface area contributed by atoms with Crippen molar-refractivity contribution in [3.8, 4) is 34.8 Å². The van der Waals surface area contributed by atoms with Crippen molar-refractivity contribution in [2.75, 3.05) is 35.5 Å². The van der Waals surface area contributed by atoms with Crippen LogP contribution in [0.2, 0.25) is 0 Å². The highest BCUT2D eigenvalue weighted by atomic mass is 16.5. The van der Waals surface area contributed by atoms with Gasteiger partial charge in [-0.05, 0) is 48.0 Å². The van der Waals surface area contributed by atoms with Crippen molar-refractivity contribution in [3.63, 3.8) is 0 Å². The van der Waals surface area contributed by atoms with Crippen LogP contribution in [0.25, 0.3) is 0 Å². The molecule has 0 saturated carbocycles. The number of hydrogen-bond acceptors (Lipinski definition) is 8. The Morgan fingerprint density at radius 3 is 2.00 bits per heavy atom. The molecule has 1 aliphatic heterocycles. The van der Waals surface area contributed by atoms with Gasteiger partial charge in [0.25, 0.3) is 5.91 Å². The standard InChI is InChI=1S/C28H27N3O6/c1-33-23-11-10-19(12-24(23)34-2)21-15-22(18-8-6-17(16-29)7-9-18)31(30-21)28(32)20-13-25(35-3)27(37-5)26(14-20)36-4/h6-14,22H,15H2,1-5H3. The van der Waals surface area contributed by atoms with Gasteiger partial charge in [0.05, 0.1) is 58.9 Å². The molecule has 0 spiro atoms. The molecular formula is C28H27N3O6. The quantitative estimate of drug-likeness (QED) is 0.445. The zero-order valence-corrected chi connectivity index (χ0v) is 21.3. The smallest absolute Gasteiger partial charge is 0.274 e. The van der Waals surface area contributed by atoms with Gasteiger partial charge >= 0.3 is 0 Å². The molecule has 0 aromatic heterocycles. The summed E-state index contributed by atoms with van der Waals surface area (Å²) in [6.45, 7) is 0. The zero-order chi connectivity index (χ0) is 26.5. The Morgan fingerprint density at radius 1 is 0.838 bits per heavy atom. The summed E-state index contributed by atoms with van der Waals surface area (Å²) in [5.41, 5.74) is 3.21. The molecule has 1 atom stereocenters. The van der Waals surface area contributed by atoms with E-state index in [-0.39, 0.29) is 5.91 Å². The van der Waals surface area contributed by atoms with Gasteiger partial charge in [-0.3, -0.25) is 4.79 Å². The number of carbonyl (C=O) groups is 1. The second-order valence-electron chi connectivity index (χ2n) is 8.13. The first-order valence-corrected chi connectivity index (χ1v) is 11.4. The maximum absolute atomic E-state index is 13.9. The number of nitrogens with zero attached hydrogens (tertiary/aromatic N) is 3. The van der Waals surface area contributed by atoms with Crippen LogP contribution in [0.1, 0.15) is 39.5 Å². The van der Waals surface area contributed by atoms with E-state index in [1.807, 2.05) is 24.3 Å². The summed E-state index contributed by atoms with van der Waals surface area (Å²) in [5, 5.41) is 15.4. The van der Waals surface area contributed by atoms with E-state index in [0.717, 1.165) is 11.1 Å². The van der Waals surface area contributed by atoms with Crippen LogP contribution in [0.15, 0.2) is 59.7 Å². The molecule has 0 bridgehead atoms. The van der Waals surface area contributed by atoms with E-state index in [2.05, 4.69) is 6.07 Å². The molecule has 1 amide bonds. The van der Waals surface area contributed by atoms with Crippen LogP contribution < -0.4 is 23.7 Å². The van der Waals surface area contributed by atoms with Gasteiger partial charge in [-0.25, -0.2) is 5.01 Å². The molecule has 1 aliphatic rings. The van der Waals surface area contributed by atoms with Gasteiger partial charge in [0.1, 0.15) is 0 Å². The molecule has 4 rings (SSSR count). The molecule has 3 aromatic carbocycles. The summed E-state index contributed by atoms with van der Waals surface area (Å²) in [6.07, 6.45) is 0.456. The van der Waals surface area contributed by atoms with Crippen molar-refractivity contribution in [2.24, 2.45) is 5.10 Å². The minimum atomic E-state index is -0.401. The molecule has 0 fully saturated rings. The highest BCUT2D eigenvalue weighted by Crippen LogP contribution is 2.41. The molecule has 9 heteroatoms. The van der Waals surface area contributed by atoms with E-state index in [1.54, 1.807) is 44.6 Å². The van der Waals surface area contributed by atoms with E-state index >= 15 is 0 Å². The van der Waals surface area contributed by atoms with Crippen LogP contribution in [0.5, 0.6) is 28.7 Å². The van der Waals surface area contributed by atoms with Crippen molar-refractivity contribution >= 4 is 11.6 Å². The van der Waals surface area contributed by atoms with Crippen molar-refractivity contribution < 1.29 is 28.5 Å². The van der Waals surface area contributed by atoms with Crippen LogP contribution in [0.3, 0.4) is 0 Å². The molecule has 1 heterocycles. The maximum Gasteiger partial charge on any atom is 0.274 e. The Morgan fingerprint density at radius 2 is 1.46 bits per heavy atom. The fraction of sp³-hybridized carbons (Fsp3) is 0.250. The van der Waals surface area contributed by atoms with Crippen molar-refractivity contribution in [3.05, 3.63) is 76.9 Å². The fourth-order valence-corrected chi connectivity index (χ4v) is 4.26. The van der Waals surface area contributed by atoms with E-state index in [1.165, 1.54) is 26.3 Å². The summed E-state index contributed by atoms with van der Waals surface area (Å²) in [6, 6.07) is 17.6. The average Bonchev–Trinajstić information content (AvgIpc) is 3.41. The first-order chi connectivity index (χ1) is 18.0. The van der Waals surface area contributed by atoms with E-state index in [9.17, 15) is 10.1 Å². The van der Waals surface area contributed by atoms with Gasteiger partial charge in [-0.15, -0.1) is 0 Å². The van der Waals surface area contributed by atoms with Crippen LogP contribution in [0, 0.1) is 11.3 Å². The van der Waals surface area contributed by atoms with Gasteiger partial charge in [0.2, 0.25) is 5.75 Å². The second-order valence-corrected chi connectivity index (χ2v) is 8.13. The molecule has 3 aromatic rings. The van der Waals surface area contributed by atoms with Crippen LogP contribution >= 0.6 is 0 Å². The Labute approximate surface area is 215 Å². The number of hydrogen-bond donors (Lipinski definition) is 0. The summed E-state index contributed by atoms with van der Waals surface area (Å²) in [4.78, 5) is 13.9. The molecule has 9 nitrogen and oxygen atoms in total. The fourth-order valence-electron chi connectivity index (χ4n) is 4.26. The zero-order valence-electron chi connectivity index (χ0n) is 21.3. The number of methoxy groups -OCH3 is 5. The molecule has 0 N–H and O–H groups in total. The van der Waals surface area contributed by atoms with Crippen LogP contribution in [-0.2, 0) is 0 Å². The molecule has 0 aliphatic carbocycles. The molecule has 0 radical (unpaired) electrons. The molecule has 1 unspecified atom stereocenters. The second kappa shape index (κ2) is 10.9. The normalized spacial score (nSPS) is 14.4. The number of rotatable bonds is 8. The topological polar surface area (TPSA) is 103 Å². The van der Waals surface area contributed by atoms with Crippen LogP contribution in [0.4, 0.5) is 0 Å². The molecule has 0 saturated heterocycles. The van der Waals surface area contributed by atoms with Crippen molar-refractivity contribution in [1.82, 2.24) is 5.01 Å². The highest BCUT2D eigenvalue weighted by Gasteiger charge is 2.35. The van der Waals surface area contributed by atoms with Gasteiger partial charge in [-0.1, -0.05) is 12.1 Å². The number of nitriles is 1. The van der Waals surface area contributed by atoms with Crippen molar-refractivity contribution in [2.45, 2.75) is 12.5 Å². The van der Waals surface area contributed by atoms with E-state index in [0.29, 0.717) is 52.0 Å².